The SMILES string of the molecule is CCCCCn1c(S[C@H](C)C(=O)NCC)nc2cc(Cl)ccc2c1=O. The number of nitrogens with one attached hydrogen (secondary N) is 1. The van der Waals surface area contributed by atoms with Crippen molar-refractivity contribution in [2.75, 3.05) is 6.54 Å². The van der Waals surface area contributed by atoms with Crippen molar-refractivity contribution in [1.29, 1.82) is 0 Å². The third-order valence-corrected chi connectivity index (χ3v) is 5.20. The van der Waals surface area contributed by atoms with E-state index in [1.54, 1.807) is 22.8 Å². The smallest absolute Gasteiger partial charge is 0.262 e. The van der Waals surface area contributed by atoms with Crippen molar-refractivity contribution < 1.29 is 4.79 Å². The first kappa shape index (κ1) is 19.8. The molecule has 0 aliphatic rings. The maximum absolute atomic E-state index is 12.9. The van der Waals surface area contributed by atoms with Gasteiger partial charge in [0.05, 0.1) is 16.2 Å². The molecule has 7 heteroatoms. The molecular weight excluding hydrogens is 358 g/mol. The standard InChI is InChI=1S/C18H24ClN3O2S/c1-4-6-7-10-22-17(24)14-9-8-13(19)11-15(14)21-18(22)25-12(3)16(23)20-5-2/h8-9,11-12H,4-7,10H2,1-3H3,(H,20,23)/t12-/m1/s1. The molecule has 2 aromatic rings. The summed E-state index contributed by atoms with van der Waals surface area (Å²) in [6, 6.07) is 5.11. The van der Waals surface area contributed by atoms with Crippen LogP contribution < -0.4 is 10.9 Å². The zero-order valence-corrected chi connectivity index (χ0v) is 16.4. The number of unbranched alkanes of at least 4 members (excludes halogenated alkanes) is 2. The number of benzene rings is 1. The van der Waals surface area contributed by atoms with Crippen LogP contribution in [-0.4, -0.2) is 27.3 Å². The second-order valence-electron chi connectivity index (χ2n) is 5.87. The van der Waals surface area contributed by atoms with E-state index >= 15 is 0 Å². The highest BCUT2D eigenvalue weighted by molar-refractivity contribution is 8.00. The molecule has 0 fully saturated rings. The number of hydrogen-bond acceptors (Lipinski definition) is 4. The van der Waals surface area contributed by atoms with Gasteiger partial charge in [-0.2, -0.15) is 0 Å². The minimum absolute atomic E-state index is 0.0620. The average molecular weight is 382 g/mol. The predicted octanol–water partition coefficient (Wildman–Crippen LogP) is 3.86. The van der Waals surface area contributed by atoms with Crippen molar-refractivity contribution in [1.82, 2.24) is 14.9 Å². The topological polar surface area (TPSA) is 64.0 Å². The van der Waals surface area contributed by atoms with Crippen LogP contribution in [0, 0.1) is 0 Å². The molecule has 0 bridgehead atoms. The Morgan fingerprint density at radius 1 is 1.36 bits per heavy atom. The molecule has 0 unspecified atom stereocenters. The van der Waals surface area contributed by atoms with Gasteiger partial charge in [-0.15, -0.1) is 0 Å². The molecule has 1 aromatic heterocycles. The monoisotopic (exact) mass is 381 g/mol. The maximum atomic E-state index is 12.9. The molecule has 0 saturated heterocycles. The molecule has 0 radical (unpaired) electrons. The number of halogens is 1. The van der Waals surface area contributed by atoms with E-state index in [1.807, 2.05) is 13.8 Å². The first-order valence-electron chi connectivity index (χ1n) is 8.62. The van der Waals surface area contributed by atoms with Crippen LogP contribution in [0.2, 0.25) is 5.02 Å². The number of aromatic nitrogens is 2. The van der Waals surface area contributed by atoms with Gasteiger partial charge in [0, 0.05) is 18.1 Å². The van der Waals surface area contributed by atoms with Crippen LogP contribution >= 0.6 is 23.4 Å². The lowest BCUT2D eigenvalue weighted by Gasteiger charge is -2.16. The van der Waals surface area contributed by atoms with E-state index in [4.69, 9.17) is 11.6 Å². The molecule has 0 spiro atoms. The zero-order valence-electron chi connectivity index (χ0n) is 14.8. The molecule has 2 rings (SSSR count). The van der Waals surface area contributed by atoms with Crippen molar-refractivity contribution in [3.05, 3.63) is 33.6 Å². The summed E-state index contributed by atoms with van der Waals surface area (Å²) in [5.74, 6) is -0.0620. The van der Waals surface area contributed by atoms with Crippen molar-refractivity contribution in [2.45, 2.75) is 57.0 Å². The first-order chi connectivity index (χ1) is 12.0. The number of fused-ring (bicyclic) bond motifs is 1. The fourth-order valence-electron chi connectivity index (χ4n) is 2.51. The fraction of sp³-hybridized carbons (Fsp3) is 0.500. The quantitative estimate of drug-likeness (QED) is 0.428. The summed E-state index contributed by atoms with van der Waals surface area (Å²) in [7, 11) is 0. The van der Waals surface area contributed by atoms with Gasteiger partial charge in [0.15, 0.2) is 5.16 Å². The first-order valence-corrected chi connectivity index (χ1v) is 9.88. The molecule has 136 valence electrons. The Morgan fingerprint density at radius 2 is 2.12 bits per heavy atom. The maximum Gasteiger partial charge on any atom is 0.262 e. The highest BCUT2D eigenvalue weighted by Crippen LogP contribution is 2.24. The van der Waals surface area contributed by atoms with Crippen molar-refractivity contribution in [3.8, 4) is 0 Å². The predicted molar refractivity (Wildman–Crippen MR) is 105 cm³/mol. The number of thioether (sulfide) groups is 1. The summed E-state index contributed by atoms with van der Waals surface area (Å²) in [5, 5.41) is 4.12. The minimum Gasteiger partial charge on any atom is -0.355 e. The molecule has 25 heavy (non-hydrogen) atoms. The van der Waals surface area contributed by atoms with Gasteiger partial charge in [-0.3, -0.25) is 14.2 Å². The van der Waals surface area contributed by atoms with Crippen LogP contribution in [0.15, 0.2) is 28.2 Å². The van der Waals surface area contributed by atoms with Gasteiger partial charge in [0.2, 0.25) is 5.91 Å². The highest BCUT2D eigenvalue weighted by Gasteiger charge is 2.19. The molecule has 0 aliphatic heterocycles. The van der Waals surface area contributed by atoms with Gasteiger partial charge in [-0.1, -0.05) is 43.1 Å². The Hall–Kier alpha value is -1.53. The van der Waals surface area contributed by atoms with E-state index in [9.17, 15) is 9.59 Å². The number of nitrogens with zero attached hydrogens (tertiary/aromatic N) is 2. The zero-order chi connectivity index (χ0) is 18.4. The Labute approximate surface area is 157 Å². The van der Waals surface area contributed by atoms with Crippen LogP contribution in [0.3, 0.4) is 0 Å². The van der Waals surface area contributed by atoms with Gasteiger partial charge in [-0.25, -0.2) is 4.98 Å². The Bertz CT molecular complexity index is 807. The summed E-state index contributed by atoms with van der Waals surface area (Å²) >= 11 is 7.35. The highest BCUT2D eigenvalue weighted by atomic mass is 35.5. The summed E-state index contributed by atoms with van der Waals surface area (Å²) in [4.78, 5) is 29.6. The number of carbonyl (C=O) groups is 1. The molecular formula is C18H24ClN3O2S. The Kier molecular flexibility index (Phi) is 7.32. The lowest BCUT2D eigenvalue weighted by molar-refractivity contribution is -0.120. The minimum atomic E-state index is -0.332. The molecule has 0 saturated carbocycles. The molecule has 5 nitrogen and oxygen atoms in total. The van der Waals surface area contributed by atoms with E-state index in [-0.39, 0.29) is 16.7 Å². The van der Waals surface area contributed by atoms with Crippen LogP contribution in [0.4, 0.5) is 0 Å². The summed E-state index contributed by atoms with van der Waals surface area (Å²) in [6.45, 7) is 7.00. The van der Waals surface area contributed by atoms with Crippen LogP contribution in [0.5, 0.6) is 0 Å². The normalized spacial score (nSPS) is 12.3. The summed E-state index contributed by atoms with van der Waals surface area (Å²) in [5.41, 5.74) is 0.484. The van der Waals surface area contributed by atoms with Gasteiger partial charge < -0.3 is 5.32 Å². The van der Waals surface area contributed by atoms with E-state index in [2.05, 4.69) is 17.2 Å². The third-order valence-electron chi connectivity index (χ3n) is 3.87. The van der Waals surface area contributed by atoms with E-state index in [0.29, 0.717) is 34.2 Å². The molecule has 0 aliphatic carbocycles. The lowest BCUT2D eigenvalue weighted by atomic mass is 10.2. The second-order valence-corrected chi connectivity index (χ2v) is 7.62. The van der Waals surface area contributed by atoms with Crippen LogP contribution in [0.25, 0.3) is 10.9 Å². The lowest BCUT2D eigenvalue weighted by Crippen LogP contribution is -2.31. The van der Waals surface area contributed by atoms with Crippen molar-refractivity contribution in [2.24, 2.45) is 0 Å². The largest absolute Gasteiger partial charge is 0.355 e. The molecule has 1 amide bonds. The average Bonchev–Trinajstić information content (AvgIpc) is 2.57. The summed E-state index contributed by atoms with van der Waals surface area (Å²) in [6.07, 6.45) is 3.02. The number of hydrogen-bond donors (Lipinski definition) is 1. The van der Waals surface area contributed by atoms with Gasteiger partial charge in [-0.05, 0) is 38.5 Å². The van der Waals surface area contributed by atoms with Crippen molar-refractivity contribution >= 4 is 40.2 Å². The number of amides is 1. The van der Waals surface area contributed by atoms with E-state index in [0.717, 1.165) is 19.3 Å². The van der Waals surface area contributed by atoms with Crippen LogP contribution in [0.1, 0.15) is 40.0 Å². The van der Waals surface area contributed by atoms with E-state index in [1.165, 1.54) is 11.8 Å². The fourth-order valence-corrected chi connectivity index (χ4v) is 3.64. The third kappa shape index (κ3) is 4.98. The number of carbonyl (C=O) groups excluding carboxylic acids is 1. The van der Waals surface area contributed by atoms with Crippen molar-refractivity contribution in [3.63, 3.8) is 0 Å². The molecule has 1 N–H and O–H groups in total. The van der Waals surface area contributed by atoms with Gasteiger partial charge in [0.25, 0.3) is 5.56 Å². The second kappa shape index (κ2) is 9.25. The molecule has 1 heterocycles. The Morgan fingerprint density at radius 3 is 2.80 bits per heavy atom. The molecule has 1 aromatic carbocycles. The van der Waals surface area contributed by atoms with Gasteiger partial charge in [0.1, 0.15) is 0 Å². The number of rotatable bonds is 8. The summed E-state index contributed by atoms with van der Waals surface area (Å²) < 4.78 is 1.69. The molecule has 1 atom stereocenters. The van der Waals surface area contributed by atoms with E-state index < -0.39 is 0 Å². The Balaban J connectivity index is 2.44. The van der Waals surface area contributed by atoms with Crippen LogP contribution in [-0.2, 0) is 11.3 Å². The van der Waals surface area contributed by atoms with Gasteiger partial charge >= 0.3 is 0 Å².